The molecule has 0 aromatic heterocycles. The molecule has 5 aromatic rings. The van der Waals surface area contributed by atoms with E-state index in [0.29, 0.717) is 12.0 Å². The molecule has 11 heteroatoms. The molecule has 57 heavy (non-hydrogen) atoms. The summed E-state index contributed by atoms with van der Waals surface area (Å²) in [6.45, 7) is 7.85. The van der Waals surface area contributed by atoms with Crippen molar-refractivity contribution in [1.82, 2.24) is 0 Å². The first-order valence-electron chi connectivity index (χ1n) is 18.5. The van der Waals surface area contributed by atoms with Crippen molar-refractivity contribution in [3.63, 3.8) is 0 Å². The first-order valence-corrected chi connectivity index (χ1v) is 20.5. The molecule has 0 unspecified atom stereocenters. The average Bonchev–Trinajstić information content (AvgIpc) is 3.20. The molecule has 0 spiro atoms. The van der Waals surface area contributed by atoms with Gasteiger partial charge in [-0.1, -0.05) is 92.7 Å². The van der Waals surface area contributed by atoms with Gasteiger partial charge in [0.1, 0.15) is 29.6 Å². The predicted octanol–water partition coefficient (Wildman–Crippen LogP) is 7.21. The van der Waals surface area contributed by atoms with Crippen molar-refractivity contribution < 1.29 is 53.8 Å². The van der Waals surface area contributed by atoms with Crippen LogP contribution in [0.4, 0.5) is 17.6 Å². The molecule has 0 heterocycles. The Kier molecular flexibility index (Phi) is 21.2. The third kappa shape index (κ3) is 13.8. The van der Waals surface area contributed by atoms with Crippen LogP contribution in [0.5, 0.6) is 0 Å². The molecule has 302 valence electrons. The standard InChI is InChI=1S/C21H22P.C14H16F2O2.C11H10F2O3.ClH/c1-2-18-22(19-12-6-3-7-13-19,20-14-8-4-9-15-20)21-16-10-5-11-17-21;1-3-6-10(9-13(17)18-4-2)11-7-5-8-12(15)14(11)16;1-2-16-10(15)6-9(14)7-4-3-5-8(12)11(7)13;/h3-17H,2,18H2,1H3;5-8H,3-4,9H2,1-2H3;3-5H,2,6H2,1H3;1H/q+1;;;/p-1/b;10-6+;;. The molecule has 0 fully saturated rings. The maximum absolute atomic E-state index is 13.6. The predicted molar refractivity (Wildman–Crippen MR) is 218 cm³/mol. The highest BCUT2D eigenvalue weighted by molar-refractivity contribution is 7.95. The molecule has 5 rings (SSSR count). The third-order valence-corrected chi connectivity index (χ3v) is 13.1. The van der Waals surface area contributed by atoms with Crippen LogP contribution in [0.15, 0.2) is 133 Å². The van der Waals surface area contributed by atoms with E-state index in [1.807, 2.05) is 6.92 Å². The summed E-state index contributed by atoms with van der Waals surface area (Å²) in [6, 6.07) is 40.4. The molecule has 0 saturated carbocycles. The lowest BCUT2D eigenvalue weighted by Crippen LogP contribution is -3.00. The van der Waals surface area contributed by atoms with Crippen molar-refractivity contribution in [3.8, 4) is 0 Å². The number of ether oxygens (including phenoxy) is 2. The van der Waals surface area contributed by atoms with E-state index < -0.39 is 60.2 Å². The summed E-state index contributed by atoms with van der Waals surface area (Å²) in [5.41, 5.74) is 0.130. The number of Topliss-reactive ketones (excluding diaryl/α,β-unsaturated/α-hetero) is 1. The van der Waals surface area contributed by atoms with E-state index in [-0.39, 0.29) is 37.6 Å². The average molecular weight is 823 g/mol. The second-order valence-corrected chi connectivity index (χ2v) is 15.9. The van der Waals surface area contributed by atoms with E-state index >= 15 is 0 Å². The molecule has 0 amide bonds. The first kappa shape index (κ1) is 48.0. The lowest BCUT2D eigenvalue weighted by atomic mass is 10.0. The Morgan fingerprint density at radius 2 is 0.947 bits per heavy atom. The lowest BCUT2D eigenvalue weighted by Gasteiger charge is -2.27. The summed E-state index contributed by atoms with van der Waals surface area (Å²) >= 11 is 0. The maximum Gasteiger partial charge on any atom is 0.313 e. The molecule has 5 nitrogen and oxygen atoms in total. The van der Waals surface area contributed by atoms with Gasteiger partial charge in [-0.3, -0.25) is 14.4 Å². The largest absolute Gasteiger partial charge is 1.00 e. The van der Waals surface area contributed by atoms with Gasteiger partial charge in [-0.2, -0.15) is 0 Å². The number of halogens is 5. The van der Waals surface area contributed by atoms with Gasteiger partial charge in [0, 0.05) is 5.56 Å². The van der Waals surface area contributed by atoms with Crippen LogP contribution in [0.2, 0.25) is 0 Å². The molecular formula is C46H48ClF4O5P. The number of allylic oxidation sites excluding steroid dienone is 1. The van der Waals surface area contributed by atoms with Crippen molar-refractivity contribution in [1.29, 1.82) is 0 Å². The zero-order chi connectivity index (χ0) is 40.9. The molecular weight excluding hydrogens is 775 g/mol. The van der Waals surface area contributed by atoms with Crippen LogP contribution in [-0.2, 0) is 19.1 Å². The summed E-state index contributed by atoms with van der Waals surface area (Å²) in [5.74, 6) is -6.20. The van der Waals surface area contributed by atoms with Crippen LogP contribution in [0.25, 0.3) is 5.57 Å². The van der Waals surface area contributed by atoms with Gasteiger partial charge in [0.2, 0.25) is 0 Å². The highest BCUT2D eigenvalue weighted by Crippen LogP contribution is 2.55. The van der Waals surface area contributed by atoms with Crippen LogP contribution in [0.3, 0.4) is 0 Å². The number of hydrogen-bond acceptors (Lipinski definition) is 5. The van der Waals surface area contributed by atoms with E-state index in [9.17, 15) is 31.9 Å². The Morgan fingerprint density at radius 1 is 0.544 bits per heavy atom. The number of ketones is 1. The van der Waals surface area contributed by atoms with Gasteiger partial charge in [0.25, 0.3) is 0 Å². The van der Waals surface area contributed by atoms with E-state index in [2.05, 4.69) is 103 Å². The van der Waals surface area contributed by atoms with Gasteiger partial charge in [-0.05, 0) is 86.9 Å². The number of carbonyl (C=O) groups is 3. The SMILES string of the molecule is CC/C=C(\CC(=O)OCC)c1cccc(F)c1F.CCC[P+](c1ccccc1)(c1ccccc1)c1ccccc1.CCOC(=O)CC(=O)c1cccc(F)c1F.[Cl-]. The summed E-state index contributed by atoms with van der Waals surface area (Å²) in [4.78, 5) is 33.8. The second kappa shape index (κ2) is 25.2. The number of rotatable bonds is 14. The molecule has 0 aliphatic rings. The van der Waals surface area contributed by atoms with E-state index in [1.165, 1.54) is 46.7 Å². The maximum atomic E-state index is 13.6. The van der Waals surface area contributed by atoms with Crippen LogP contribution in [-0.4, -0.2) is 37.1 Å². The van der Waals surface area contributed by atoms with Gasteiger partial charge in [-0.15, -0.1) is 0 Å². The zero-order valence-corrected chi connectivity index (χ0v) is 34.2. The van der Waals surface area contributed by atoms with E-state index in [0.717, 1.165) is 18.2 Å². The first-order chi connectivity index (χ1) is 27.0. The van der Waals surface area contributed by atoms with Crippen molar-refractivity contribution in [2.75, 3.05) is 19.4 Å². The second-order valence-electron chi connectivity index (χ2n) is 12.3. The summed E-state index contributed by atoms with van der Waals surface area (Å²) in [7, 11) is -1.55. The van der Waals surface area contributed by atoms with E-state index in [4.69, 9.17) is 4.74 Å². The molecule has 0 bridgehead atoms. The quantitative estimate of drug-likeness (QED) is 0.0390. The van der Waals surface area contributed by atoms with E-state index in [1.54, 1.807) is 19.9 Å². The summed E-state index contributed by atoms with van der Waals surface area (Å²) in [6.07, 6.45) is 4.09. The topological polar surface area (TPSA) is 69.7 Å². The molecule has 0 aliphatic carbocycles. The normalized spacial score (nSPS) is 10.8. The van der Waals surface area contributed by atoms with Gasteiger partial charge in [0.05, 0.1) is 31.4 Å². The Morgan fingerprint density at radius 3 is 1.35 bits per heavy atom. The van der Waals surface area contributed by atoms with Gasteiger partial charge < -0.3 is 21.9 Å². The molecule has 0 atom stereocenters. The van der Waals surface area contributed by atoms with Crippen molar-refractivity contribution in [2.24, 2.45) is 0 Å². The number of carbonyl (C=O) groups excluding carboxylic acids is 3. The van der Waals surface area contributed by atoms with Crippen molar-refractivity contribution in [3.05, 3.63) is 168 Å². The smallest absolute Gasteiger partial charge is 0.313 e. The minimum Gasteiger partial charge on any atom is -1.00 e. The summed E-state index contributed by atoms with van der Waals surface area (Å²) in [5, 5.41) is 4.44. The number of benzene rings is 5. The Bertz CT molecular complexity index is 1930. The summed E-state index contributed by atoms with van der Waals surface area (Å²) < 4.78 is 62.1. The van der Waals surface area contributed by atoms with Crippen molar-refractivity contribution in [2.45, 2.75) is 53.4 Å². The van der Waals surface area contributed by atoms with Crippen LogP contribution >= 0.6 is 7.26 Å². The van der Waals surface area contributed by atoms with Gasteiger partial charge in [-0.25, -0.2) is 17.6 Å². The molecule has 0 aliphatic heterocycles. The molecule has 5 aromatic carbocycles. The third-order valence-electron chi connectivity index (χ3n) is 8.40. The van der Waals surface area contributed by atoms with Crippen LogP contribution in [0.1, 0.15) is 69.3 Å². The van der Waals surface area contributed by atoms with Crippen LogP contribution in [0, 0.1) is 23.3 Å². The fourth-order valence-electron chi connectivity index (χ4n) is 6.02. The highest BCUT2D eigenvalue weighted by atomic mass is 35.5. The lowest BCUT2D eigenvalue weighted by molar-refractivity contribution is -0.142. The van der Waals surface area contributed by atoms with Crippen LogP contribution < -0.4 is 28.3 Å². The van der Waals surface area contributed by atoms with Gasteiger partial charge in [0.15, 0.2) is 29.1 Å². The number of hydrogen-bond donors (Lipinski definition) is 0. The molecule has 0 radical (unpaired) electrons. The highest BCUT2D eigenvalue weighted by Gasteiger charge is 2.44. The molecule has 0 saturated heterocycles. The van der Waals surface area contributed by atoms with Crippen molar-refractivity contribution >= 4 is 46.5 Å². The minimum absolute atomic E-state index is 0. The minimum atomic E-state index is -1.55. The Labute approximate surface area is 339 Å². The fourth-order valence-corrected chi connectivity index (χ4v) is 10.4. The molecule has 0 N–H and O–H groups in total. The Balaban J connectivity index is 0.000000297. The zero-order valence-electron chi connectivity index (χ0n) is 32.5. The monoisotopic (exact) mass is 822 g/mol. The number of esters is 2. The Hall–Kier alpha value is -5.11. The fraction of sp³-hybridized carbons (Fsp3) is 0.239. The van der Waals surface area contributed by atoms with Gasteiger partial charge >= 0.3 is 11.9 Å².